The first kappa shape index (κ1) is 13.0. The molecule has 5 rings (SSSR count). The maximum absolute atomic E-state index is 12.8. The van der Waals surface area contributed by atoms with E-state index in [2.05, 4.69) is 11.1 Å². The third kappa shape index (κ3) is 1.46. The highest BCUT2D eigenvalue weighted by molar-refractivity contribution is 6.22. The van der Waals surface area contributed by atoms with Crippen LogP contribution in [0.3, 0.4) is 0 Å². The minimum absolute atomic E-state index is 0. The highest BCUT2D eigenvalue weighted by Gasteiger charge is 2.37. The van der Waals surface area contributed by atoms with Crippen LogP contribution in [0.5, 0.6) is 0 Å². The van der Waals surface area contributed by atoms with Gasteiger partial charge in [-0.1, -0.05) is 30.3 Å². The number of fused-ring (bicyclic) bond motifs is 7. The van der Waals surface area contributed by atoms with Crippen LogP contribution in [0.25, 0.3) is 27.5 Å². The number of rotatable bonds is 0. The summed E-state index contributed by atoms with van der Waals surface area (Å²) in [5.74, 6) is 0.0981. The van der Waals surface area contributed by atoms with Crippen molar-refractivity contribution < 1.29 is 21.8 Å². The van der Waals surface area contributed by atoms with Crippen molar-refractivity contribution in [1.82, 2.24) is 4.98 Å². The largest absolute Gasteiger partial charge is 1.00 e. The van der Waals surface area contributed by atoms with E-state index in [4.69, 9.17) is 0 Å². The van der Waals surface area contributed by atoms with Gasteiger partial charge in [0, 0.05) is 23.0 Å². The number of ketones is 1. The topological polar surface area (TPSA) is 36.7 Å². The van der Waals surface area contributed by atoms with E-state index in [0.29, 0.717) is 0 Å². The van der Waals surface area contributed by atoms with E-state index >= 15 is 0 Å². The number of hydrogen-bond acceptors (Lipinski definition) is 1. The van der Waals surface area contributed by atoms with Crippen LogP contribution in [0.2, 0.25) is 0 Å². The highest BCUT2D eigenvalue weighted by Crippen LogP contribution is 2.31. The van der Waals surface area contributed by atoms with Crippen LogP contribution in [-0.2, 0) is 0 Å². The number of nitrogens with one attached hydrogen (secondary N) is 1. The molecule has 4 heteroatoms. The standard InChI is InChI=1S/C18H10N2O.ClH/c21-18-12-6-2-4-8-15(12)20-10-9-14-16(17(18)20)11-5-1-3-7-13(11)19-14;/h1-10H;1H. The van der Waals surface area contributed by atoms with Crippen molar-refractivity contribution in [3.05, 3.63) is 72.1 Å². The number of carbonyl (C=O) groups excluding carboxylic acids is 1. The third-order valence-electron chi connectivity index (χ3n) is 4.23. The van der Waals surface area contributed by atoms with Gasteiger partial charge in [0.25, 0.3) is 11.5 Å². The molecule has 2 aromatic carbocycles. The summed E-state index contributed by atoms with van der Waals surface area (Å²) in [6, 6.07) is 17.9. The first-order chi connectivity index (χ1) is 10.3. The van der Waals surface area contributed by atoms with E-state index < -0.39 is 0 Å². The van der Waals surface area contributed by atoms with Crippen LogP contribution in [0.4, 0.5) is 0 Å². The molecule has 2 aromatic heterocycles. The lowest BCUT2D eigenvalue weighted by atomic mass is 10.1. The number of aromatic nitrogens is 2. The highest BCUT2D eigenvalue weighted by atomic mass is 35.5. The molecular formula is C18H11ClN2O. The summed E-state index contributed by atoms with van der Waals surface area (Å²) in [4.78, 5) is 16.2. The molecule has 22 heavy (non-hydrogen) atoms. The van der Waals surface area contributed by atoms with Crippen molar-refractivity contribution >= 4 is 27.6 Å². The Balaban J connectivity index is 0.00000125. The van der Waals surface area contributed by atoms with Crippen LogP contribution in [0.15, 0.2) is 60.8 Å². The van der Waals surface area contributed by atoms with Gasteiger partial charge < -0.3 is 17.4 Å². The molecule has 3 nitrogen and oxygen atoms in total. The molecule has 0 unspecified atom stereocenters. The number of nitrogens with zero attached hydrogens (tertiary/aromatic N) is 1. The molecule has 1 aliphatic rings. The Morgan fingerprint density at radius 2 is 1.64 bits per heavy atom. The predicted molar refractivity (Wildman–Crippen MR) is 80.8 cm³/mol. The van der Waals surface area contributed by atoms with Crippen LogP contribution >= 0.6 is 0 Å². The zero-order valence-corrected chi connectivity index (χ0v) is 12.3. The van der Waals surface area contributed by atoms with Gasteiger partial charge in [0.15, 0.2) is 6.20 Å². The van der Waals surface area contributed by atoms with Gasteiger partial charge in [-0.2, -0.15) is 4.57 Å². The lowest BCUT2D eigenvalue weighted by molar-refractivity contribution is -0.592. The van der Waals surface area contributed by atoms with Crippen molar-refractivity contribution in [3.8, 4) is 5.69 Å². The van der Waals surface area contributed by atoms with Crippen molar-refractivity contribution in [1.29, 1.82) is 0 Å². The number of benzene rings is 2. The molecule has 3 heterocycles. The number of pyridine rings is 1. The molecular weight excluding hydrogens is 296 g/mol. The third-order valence-corrected chi connectivity index (χ3v) is 4.23. The van der Waals surface area contributed by atoms with E-state index in [1.54, 1.807) is 0 Å². The summed E-state index contributed by atoms with van der Waals surface area (Å²) < 4.78 is 2.00. The fourth-order valence-corrected chi connectivity index (χ4v) is 3.31. The smallest absolute Gasteiger partial charge is 0.269 e. The number of aromatic amines is 1. The average molecular weight is 307 g/mol. The van der Waals surface area contributed by atoms with Gasteiger partial charge in [0.05, 0.1) is 10.9 Å². The Morgan fingerprint density at radius 3 is 2.55 bits per heavy atom. The fraction of sp³-hybridized carbons (Fsp3) is 0. The molecule has 4 aromatic rings. The molecule has 0 spiro atoms. The van der Waals surface area contributed by atoms with E-state index in [0.717, 1.165) is 38.8 Å². The number of hydrogen-bond donors (Lipinski definition) is 1. The van der Waals surface area contributed by atoms with Crippen molar-refractivity contribution in [3.63, 3.8) is 0 Å². The van der Waals surface area contributed by atoms with Gasteiger partial charge >= 0.3 is 0 Å². The quantitative estimate of drug-likeness (QED) is 0.406. The Morgan fingerprint density at radius 1 is 0.864 bits per heavy atom. The molecule has 0 radical (unpaired) electrons. The Hall–Kier alpha value is -2.65. The van der Waals surface area contributed by atoms with Crippen molar-refractivity contribution in [2.24, 2.45) is 0 Å². The summed E-state index contributed by atoms with van der Waals surface area (Å²) in [5, 5.41) is 2.10. The zero-order chi connectivity index (χ0) is 14.0. The predicted octanol–water partition coefficient (Wildman–Crippen LogP) is 0.146. The molecule has 0 atom stereocenters. The SMILES string of the molecule is O=C1c2ccccc2-[n+]2ccc3[nH]c4ccccc4c3c21.[Cl-]. The molecule has 0 amide bonds. The summed E-state index contributed by atoms with van der Waals surface area (Å²) in [6.07, 6.45) is 1.97. The van der Waals surface area contributed by atoms with E-state index in [1.807, 2.05) is 59.3 Å². The molecule has 1 aliphatic heterocycles. The van der Waals surface area contributed by atoms with E-state index in [9.17, 15) is 4.79 Å². The minimum atomic E-state index is 0. The summed E-state index contributed by atoms with van der Waals surface area (Å²) >= 11 is 0. The normalized spacial score (nSPS) is 12.3. The second-order valence-electron chi connectivity index (χ2n) is 5.34. The van der Waals surface area contributed by atoms with Gasteiger partial charge in [0.2, 0.25) is 5.69 Å². The number of carbonyl (C=O) groups is 1. The molecule has 0 saturated carbocycles. The second kappa shape index (κ2) is 4.42. The molecule has 0 fully saturated rings. The van der Waals surface area contributed by atoms with Gasteiger partial charge in [-0.05, 0) is 12.1 Å². The van der Waals surface area contributed by atoms with Crippen LogP contribution < -0.4 is 17.0 Å². The monoisotopic (exact) mass is 306 g/mol. The average Bonchev–Trinajstić information content (AvgIpc) is 3.04. The van der Waals surface area contributed by atoms with Gasteiger partial charge in [0.1, 0.15) is 5.56 Å². The maximum atomic E-state index is 12.8. The zero-order valence-electron chi connectivity index (χ0n) is 11.5. The van der Waals surface area contributed by atoms with E-state index in [-0.39, 0.29) is 18.2 Å². The van der Waals surface area contributed by atoms with E-state index in [1.165, 1.54) is 0 Å². The number of halogens is 1. The van der Waals surface area contributed by atoms with Crippen molar-refractivity contribution in [2.45, 2.75) is 0 Å². The van der Waals surface area contributed by atoms with Gasteiger partial charge in [-0.15, -0.1) is 0 Å². The second-order valence-corrected chi connectivity index (χ2v) is 5.34. The Labute approximate surface area is 132 Å². The Bertz CT molecular complexity index is 1070. The summed E-state index contributed by atoms with van der Waals surface area (Å²) in [6.45, 7) is 0. The van der Waals surface area contributed by atoms with Gasteiger partial charge in [-0.3, -0.25) is 4.79 Å². The molecule has 1 N–H and O–H groups in total. The van der Waals surface area contributed by atoms with Crippen LogP contribution in [0, 0.1) is 0 Å². The molecule has 0 bridgehead atoms. The van der Waals surface area contributed by atoms with Crippen LogP contribution in [0.1, 0.15) is 16.1 Å². The fourth-order valence-electron chi connectivity index (χ4n) is 3.31. The lowest BCUT2D eigenvalue weighted by Gasteiger charge is -1.95. The summed E-state index contributed by atoms with van der Waals surface area (Å²) in [5.41, 5.74) is 4.56. The number of H-pyrrole nitrogens is 1. The number of para-hydroxylation sites is 2. The minimum Gasteiger partial charge on any atom is -1.00 e. The van der Waals surface area contributed by atoms with Crippen molar-refractivity contribution in [2.75, 3.05) is 0 Å². The molecule has 106 valence electrons. The lowest BCUT2D eigenvalue weighted by Crippen LogP contribution is -3.00. The Kier molecular flexibility index (Phi) is 2.62. The first-order valence-corrected chi connectivity index (χ1v) is 6.94. The molecule has 0 saturated heterocycles. The first-order valence-electron chi connectivity index (χ1n) is 6.94. The summed E-state index contributed by atoms with van der Waals surface area (Å²) in [7, 11) is 0. The maximum Gasteiger partial charge on any atom is 0.269 e. The molecule has 0 aliphatic carbocycles. The van der Waals surface area contributed by atoms with Crippen LogP contribution in [-0.4, -0.2) is 10.8 Å². The van der Waals surface area contributed by atoms with Gasteiger partial charge in [-0.25, -0.2) is 0 Å².